The first-order chi connectivity index (χ1) is 20.3. The van der Waals surface area contributed by atoms with E-state index in [1.54, 1.807) is 23.1 Å². The van der Waals surface area contributed by atoms with Crippen molar-refractivity contribution < 1.29 is 18.0 Å². The third-order valence-electron chi connectivity index (χ3n) is 8.39. The van der Waals surface area contributed by atoms with Crippen molar-refractivity contribution in [2.45, 2.75) is 38.5 Å². The molecule has 0 bridgehead atoms. The van der Waals surface area contributed by atoms with Crippen LogP contribution in [0, 0.1) is 24.1 Å². The third-order valence-corrected chi connectivity index (χ3v) is 8.39. The number of nitrogens with one attached hydrogen (secondary N) is 2. The number of halogens is 3. The summed E-state index contributed by atoms with van der Waals surface area (Å²) in [6, 6.07) is 26.0. The van der Waals surface area contributed by atoms with Gasteiger partial charge in [0.1, 0.15) is 5.82 Å². The molecule has 1 aliphatic carbocycles. The van der Waals surface area contributed by atoms with Gasteiger partial charge in [0.15, 0.2) is 0 Å². The van der Waals surface area contributed by atoms with Crippen LogP contribution >= 0.6 is 0 Å². The summed E-state index contributed by atoms with van der Waals surface area (Å²) >= 11 is 0. The van der Waals surface area contributed by atoms with Crippen LogP contribution in [0.3, 0.4) is 0 Å². The van der Waals surface area contributed by atoms with E-state index >= 15 is 0 Å². The maximum Gasteiger partial charge on any atom is 0.263 e. The number of aryl methyl sites for hydroxylation is 1. The van der Waals surface area contributed by atoms with Crippen molar-refractivity contribution in [3.05, 3.63) is 130 Å². The highest BCUT2D eigenvalue weighted by Gasteiger charge is 2.70. The summed E-state index contributed by atoms with van der Waals surface area (Å²) in [5.41, 5.74) is 5.18. The topological polar surface area (TPSA) is 56.2 Å². The molecule has 0 unspecified atom stereocenters. The molecule has 42 heavy (non-hydrogen) atoms. The van der Waals surface area contributed by atoms with Gasteiger partial charge < -0.3 is 15.6 Å². The van der Waals surface area contributed by atoms with E-state index in [-0.39, 0.29) is 40.1 Å². The molecule has 4 aromatic carbocycles. The van der Waals surface area contributed by atoms with Crippen LogP contribution in [0.4, 0.5) is 24.5 Å². The SMILES string of the molecule is CC.Cc1cc(Nc2ccc(F)cc2)c(C=N)cc1[C@@]12CN(C(=O)c3cccc(C(F)F)c3)C[C@@H]1[C@H]2c1ccccc1. The average Bonchev–Trinajstić information content (AvgIpc) is 3.47. The highest BCUT2D eigenvalue weighted by molar-refractivity contribution is 5.95. The molecule has 1 saturated carbocycles. The lowest BCUT2D eigenvalue weighted by Crippen LogP contribution is -2.34. The first-order valence-corrected chi connectivity index (χ1v) is 14.2. The molecule has 2 aliphatic rings. The van der Waals surface area contributed by atoms with Crippen molar-refractivity contribution in [2.75, 3.05) is 18.4 Å². The summed E-state index contributed by atoms with van der Waals surface area (Å²) in [6.45, 7) is 7.01. The predicted octanol–water partition coefficient (Wildman–Crippen LogP) is 8.65. The number of amides is 1. The quantitative estimate of drug-likeness (QED) is 0.219. The van der Waals surface area contributed by atoms with E-state index in [0.29, 0.717) is 24.3 Å². The number of anilines is 2. The fourth-order valence-electron chi connectivity index (χ4n) is 6.55. The van der Waals surface area contributed by atoms with Crippen LogP contribution in [-0.2, 0) is 5.41 Å². The Bertz CT molecular complexity index is 1590. The van der Waals surface area contributed by atoms with Gasteiger partial charge in [-0.05, 0) is 78.1 Å². The molecule has 0 aromatic heterocycles. The summed E-state index contributed by atoms with van der Waals surface area (Å²) in [5.74, 6) is -0.222. The first-order valence-electron chi connectivity index (χ1n) is 14.2. The van der Waals surface area contributed by atoms with Crippen molar-refractivity contribution in [3.63, 3.8) is 0 Å². The van der Waals surface area contributed by atoms with Gasteiger partial charge in [-0.25, -0.2) is 13.2 Å². The van der Waals surface area contributed by atoms with Gasteiger partial charge in [0.2, 0.25) is 0 Å². The van der Waals surface area contributed by atoms with E-state index < -0.39 is 6.43 Å². The Kier molecular flexibility index (Phi) is 8.21. The standard InChI is InChI=1S/C33H28F3N3O.C2H6/c1-20-14-29(38-26-12-10-25(34)11-13-26)24(17-37)16-27(20)33-19-39(18-28(33)30(33)21-6-3-2-4-7-21)32(40)23-9-5-8-22(15-23)31(35)36;1-2/h2-17,28,30-31,37-38H,18-19H2,1H3;1-2H3/t28-,30-,33+;/m1./s1. The lowest BCUT2D eigenvalue weighted by atomic mass is 9.85. The average molecular weight is 570 g/mol. The molecule has 4 aromatic rings. The molecule has 6 rings (SSSR count). The Labute approximate surface area is 244 Å². The minimum Gasteiger partial charge on any atom is -0.355 e. The number of carbonyl (C=O) groups excluding carboxylic acids is 1. The zero-order valence-electron chi connectivity index (χ0n) is 23.9. The smallest absolute Gasteiger partial charge is 0.263 e. The molecule has 1 saturated heterocycles. The second-order valence-electron chi connectivity index (χ2n) is 10.7. The number of hydrogen-bond donors (Lipinski definition) is 2. The summed E-state index contributed by atoms with van der Waals surface area (Å²) in [7, 11) is 0. The Hall–Kier alpha value is -4.39. The second kappa shape index (κ2) is 11.8. The van der Waals surface area contributed by atoms with E-state index in [0.717, 1.165) is 16.8 Å². The van der Waals surface area contributed by atoms with Gasteiger partial charge in [0.25, 0.3) is 12.3 Å². The van der Waals surface area contributed by atoms with Gasteiger partial charge in [0.05, 0.1) is 0 Å². The number of benzene rings is 4. The molecule has 2 N–H and O–H groups in total. The van der Waals surface area contributed by atoms with Gasteiger partial charge in [0, 0.05) is 58.7 Å². The van der Waals surface area contributed by atoms with Crippen molar-refractivity contribution >= 4 is 23.5 Å². The Morgan fingerprint density at radius 2 is 1.71 bits per heavy atom. The number of fused-ring (bicyclic) bond motifs is 1. The number of alkyl halides is 2. The van der Waals surface area contributed by atoms with Gasteiger partial charge in [-0.3, -0.25) is 4.79 Å². The van der Waals surface area contributed by atoms with Crippen LogP contribution in [-0.4, -0.2) is 30.1 Å². The van der Waals surface area contributed by atoms with Crippen LogP contribution in [0.15, 0.2) is 91.0 Å². The molecule has 0 spiro atoms. The zero-order chi connectivity index (χ0) is 30.0. The molecule has 1 amide bonds. The van der Waals surface area contributed by atoms with Crippen molar-refractivity contribution in [2.24, 2.45) is 5.92 Å². The van der Waals surface area contributed by atoms with Crippen LogP contribution in [0.2, 0.25) is 0 Å². The number of likely N-dealkylation sites (tertiary alicyclic amines) is 1. The highest BCUT2D eigenvalue weighted by atomic mass is 19.3. The minimum atomic E-state index is -2.64. The number of piperidine rings is 1. The molecule has 7 heteroatoms. The van der Waals surface area contributed by atoms with Gasteiger partial charge in [-0.1, -0.05) is 56.3 Å². The van der Waals surface area contributed by atoms with Crippen LogP contribution in [0.5, 0.6) is 0 Å². The van der Waals surface area contributed by atoms with Crippen molar-refractivity contribution in [1.29, 1.82) is 5.41 Å². The van der Waals surface area contributed by atoms with E-state index in [1.165, 1.54) is 42.1 Å². The molecule has 1 aliphatic heterocycles. The largest absolute Gasteiger partial charge is 0.355 e. The normalized spacial score (nSPS) is 20.4. The highest BCUT2D eigenvalue weighted by Crippen LogP contribution is 2.70. The van der Waals surface area contributed by atoms with Crippen LogP contribution < -0.4 is 5.32 Å². The zero-order valence-corrected chi connectivity index (χ0v) is 23.9. The van der Waals surface area contributed by atoms with Crippen molar-refractivity contribution in [1.82, 2.24) is 4.90 Å². The molecule has 216 valence electrons. The van der Waals surface area contributed by atoms with E-state index in [4.69, 9.17) is 5.41 Å². The van der Waals surface area contributed by atoms with Crippen molar-refractivity contribution in [3.8, 4) is 0 Å². The number of nitrogens with zero attached hydrogens (tertiary/aromatic N) is 1. The lowest BCUT2D eigenvalue weighted by molar-refractivity contribution is 0.0768. The Morgan fingerprint density at radius 3 is 2.38 bits per heavy atom. The maximum atomic E-state index is 13.5. The number of rotatable bonds is 7. The minimum absolute atomic E-state index is 0.158. The second-order valence-corrected chi connectivity index (χ2v) is 10.7. The molecule has 3 atom stereocenters. The first kappa shape index (κ1) is 29.1. The summed E-state index contributed by atoms with van der Waals surface area (Å²) < 4.78 is 40.0. The van der Waals surface area contributed by atoms with Gasteiger partial charge in [-0.15, -0.1) is 0 Å². The number of hydrogen-bond acceptors (Lipinski definition) is 3. The van der Waals surface area contributed by atoms with Crippen LogP contribution in [0.25, 0.3) is 0 Å². The van der Waals surface area contributed by atoms with E-state index in [1.807, 2.05) is 51.1 Å². The fourth-order valence-corrected chi connectivity index (χ4v) is 6.55. The summed E-state index contributed by atoms with van der Waals surface area (Å²) in [6.07, 6.45) is -1.34. The van der Waals surface area contributed by atoms with Gasteiger partial charge in [-0.2, -0.15) is 0 Å². The molecular formula is C35H34F3N3O. The van der Waals surface area contributed by atoms with Gasteiger partial charge >= 0.3 is 0 Å². The molecule has 0 radical (unpaired) electrons. The fraction of sp³-hybridized carbons (Fsp3) is 0.257. The predicted molar refractivity (Wildman–Crippen MR) is 162 cm³/mol. The van der Waals surface area contributed by atoms with E-state index in [9.17, 15) is 18.0 Å². The molecule has 2 fully saturated rings. The Morgan fingerprint density at radius 1 is 1.00 bits per heavy atom. The number of carbonyl (C=O) groups is 1. The molecule has 1 heterocycles. The molecular weight excluding hydrogens is 535 g/mol. The summed E-state index contributed by atoms with van der Waals surface area (Å²) in [5, 5.41) is 11.4. The Balaban J connectivity index is 0.00000173. The third kappa shape index (κ3) is 5.20. The monoisotopic (exact) mass is 569 g/mol. The maximum absolute atomic E-state index is 13.5. The summed E-state index contributed by atoms with van der Waals surface area (Å²) in [4.78, 5) is 15.3. The van der Waals surface area contributed by atoms with E-state index in [2.05, 4.69) is 17.4 Å². The molecule has 4 nitrogen and oxygen atoms in total. The van der Waals surface area contributed by atoms with Crippen LogP contribution in [0.1, 0.15) is 64.4 Å². The lowest BCUT2D eigenvalue weighted by Gasteiger charge is -2.26.